The van der Waals surface area contributed by atoms with Crippen molar-refractivity contribution in [3.63, 3.8) is 0 Å². The molecule has 1 unspecified atom stereocenters. The highest BCUT2D eigenvalue weighted by molar-refractivity contribution is 4.97. The Balaban J connectivity index is 2.00. The summed E-state index contributed by atoms with van der Waals surface area (Å²) < 4.78 is 5.09. The minimum absolute atomic E-state index is 0.0831. The maximum Gasteiger partial charge on any atom is 0.243 e. The SMILES string of the molecule is CC(N)Cc1noc([C@H]2CCN2)n1. The molecule has 1 aliphatic rings. The van der Waals surface area contributed by atoms with Crippen LogP contribution in [0, 0.1) is 0 Å². The standard InChI is InChI=1S/C8H14N4O/c1-5(9)4-7-11-8(13-12-7)6-2-3-10-6/h5-6,10H,2-4,9H2,1H3/t5?,6-/m1/s1. The molecule has 0 saturated carbocycles. The number of rotatable bonds is 3. The highest BCUT2D eigenvalue weighted by Gasteiger charge is 2.24. The van der Waals surface area contributed by atoms with Crippen molar-refractivity contribution in [2.24, 2.45) is 5.73 Å². The highest BCUT2D eigenvalue weighted by atomic mass is 16.5. The Morgan fingerprint density at radius 3 is 3.08 bits per heavy atom. The normalized spacial score (nSPS) is 24.0. The molecule has 0 spiro atoms. The predicted octanol–water partition coefficient (Wildman–Crippen LogP) is -0.00630. The fraction of sp³-hybridized carbons (Fsp3) is 0.750. The lowest BCUT2D eigenvalue weighted by Crippen LogP contribution is -2.35. The Morgan fingerprint density at radius 1 is 1.77 bits per heavy atom. The van der Waals surface area contributed by atoms with Crippen molar-refractivity contribution in [2.45, 2.75) is 31.8 Å². The molecule has 0 aromatic carbocycles. The number of aromatic nitrogens is 2. The minimum Gasteiger partial charge on any atom is -0.338 e. The first-order chi connectivity index (χ1) is 6.25. The summed E-state index contributed by atoms with van der Waals surface area (Å²) in [4.78, 5) is 4.25. The van der Waals surface area contributed by atoms with Crippen molar-refractivity contribution in [3.05, 3.63) is 11.7 Å². The largest absolute Gasteiger partial charge is 0.338 e. The molecule has 0 bridgehead atoms. The third-order valence-corrected chi connectivity index (χ3v) is 2.11. The van der Waals surface area contributed by atoms with Gasteiger partial charge >= 0.3 is 0 Å². The van der Waals surface area contributed by atoms with E-state index < -0.39 is 0 Å². The van der Waals surface area contributed by atoms with Crippen LogP contribution < -0.4 is 11.1 Å². The molecule has 1 fully saturated rings. The van der Waals surface area contributed by atoms with Gasteiger partial charge in [-0.25, -0.2) is 0 Å². The van der Waals surface area contributed by atoms with Crippen LogP contribution in [-0.4, -0.2) is 22.7 Å². The topological polar surface area (TPSA) is 77.0 Å². The van der Waals surface area contributed by atoms with Gasteiger partial charge < -0.3 is 15.6 Å². The van der Waals surface area contributed by atoms with Gasteiger partial charge in [0.2, 0.25) is 5.89 Å². The molecule has 13 heavy (non-hydrogen) atoms. The van der Waals surface area contributed by atoms with Gasteiger partial charge in [0.25, 0.3) is 0 Å². The number of nitrogens with two attached hydrogens (primary N) is 1. The first-order valence-corrected chi connectivity index (χ1v) is 4.57. The fourth-order valence-electron chi connectivity index (χ4n) is 1.28. The summed E-state index contributed by atoms with van der Waals surface area (Å²) in [5.74, 6) is 1.40. The van der Waals surface area contributed by atoms with Crippen LogP contribution in [0.2, 0.25) is 0 Å². The zero-order valence-corrected chi connectivity index (χ0v) is 7.66. The van der Waals surface area contributed by atoms with Crippen LogP contribution in [-0.2, 0) is 6.42 Å². The molecular weight excluding hydrogens is 168 g/mol. The molecule has 5 heteroatoms. The van der Waals surface area contributed by atoms with Crippen LogP contribution in [0.5, 0.6) is 0 Å². The molecule has 72 valence electrons. The van der Waals surface area contributed by atoms with Crippen LogP contribution in [0.1, 0.15) is 31.1 Å². The molecule has 5 nitrogen and oxygen atoms in total. The summed E-state index contributed by atoms with van der Waals surface area (Å²) in [6.07, 6.45) is 1.76. The van der Waals surface area contributed by atoms with E-state index in [1.165, 1.54) is 0 Å². The maximum atomic E-state index is 5.62. The first kappa shape index (κ1) is 8.65. The average Bonchev–Trinajstić information content (AvgIpc) is 2.31. The van der Waals surface area contributed by atoms with Crippen molar-refractivity contribution in [1.82, 2.24) is 15.5 Å². The van der Waals surface area contributed by atoms with Gasteiger partial charge in [0.15, 0.2) is 5.82 Å². The molecule has 0 radical (unpaired) electrons. The molecule has 1 aromatic heterocycles. The quantitative estimate of drug-likeness (QED) is 0.687. The molecular formula is C8H14N4O. The smallest absolute Gasteiger partial charge is 0.243 e. The van der Waals surface area contributed by atoms with Crippen LogP contribution in [0.15, 0.2) is 4.52 Å². The van der Waals surface area contributed by atoms with Crippen molar-refractivity contribution in [1.29, 1.82) is 0 Å². The van der Waals surface area contributed by atoms with Gasteiger partial charge in [-0.15, -0.1) is 0 Å². The Kier molecular flexibility index (Phi) is 2.28. The summed E-state index contributed by atoms with van der Waals surface area (Å²) in [7, 11) is 0. The second kappa shape index (κ2) is 3.43. The van der Waals surface area contributed by atoms with E-state index in [9.17, 15) is 0 Å². The molecule has 1 saturated heterocycles. The summed E-state index contributed by atoms with van der Waals surface area (Å²) in [5.41, 5.74) is 5.62. The van der Waals surface area contributed by atoms with E-state index in [1.807, 2.05) is 6.92 Å². The van der Waals surface area contributed by atoms with E-state index >= 15 is 0 Å². The van der Waals surface area contributed by atoms with E-state index in [0.29, 0.717) is 18.1 Å². The second-order valence-electron chi connectivity index (χ2n) is 3.53. The minimum atomic E-state index is 0.0831. The summed E-state index contributed by atoms with van der Waals surface area (Å²) in [6, 6.07) is 0.356. The average molecular weight is 182 g/mol. The maximum absolute atomic E-state index is 5.62. The van der Waals surface area contributed by atoms with Crippen molar-refractivity contribution < 1.29 is 4.52 Å². The molecule has 3 N–H and O–H groups in total. The molecule has 2 atom stereocenters. The molecule has 2 heterocycles. The number of nitrogens with one attached hydrogen (secondary N) is 1. The van der Waals surface area contributed by atoms with E-state index in [4.69, 9.17) is 10.3 Å². The lowest BCUT2D eigenvalue weighted by molar-refractivity contribution is 0.272. The van der Waals surface area contributed by atoms with Gasteiger partial charge in [-0.3, -0.25) is 0 Å². The lowest BCUT2D eigenvalue weighted by Gasteiger charge is -2.23. The first-order valence-electron chi connectivity index (χ1n) is 4.57. The highest BCUT2D eigenvalue weighted by Crippen LogP contribution is 2.20. The van der Waals surface area contributed by atoms with Crippen molar-refractivity contribution >= 4 is 0 Å². The van der Waals surface area contributed by atoms with Gasteiger partial charge in [0.1, 0.15) is 0 Å². The van der Waals surface area contributed by atoms with Crippen LogP contribution in [0.3, 0.4) is 0 Å². The zero-order chi connectivity index (χ0) is 9.26. The summed E-state index contributed by atoms with van der Waals surface area (Å²) in [5, 5.41) is 7.05. The number of nitrogens with zero attached hydrogens (tertiary/aromatic N) is 2. The van der Waals surface area contributed by atoms with E-state index in [0.717, 1.165) is 13.0 Å². The summed E-state index contributed by atoms with van der Waals surface area (Å²) >= 11 is 0. The fourth-order valence-corrected chi connectivity index (χ4v) is 1.28. The van der Waals surface area contributed by atoms with Gasteiger partial charge in [0.05, 0.1) is 6.04 Å². The van der Waals surface area contributed by atoms with Gasteiger partial charge in [-0.2, -0.15) is 4.98 Å². The van der Waals surface area contributed by atoms with Crippen molar-refractivity contribution in [3.8, 4) is 0 Å². The Labute approximate surface area is 76.7 Å². The van der Waals surface area contributed by atoms with Gasteiger partial charge in [-0.05, 0) is 19.9 Å². The molecule has 1 aromatic rings. The third kappa shape index (κ3) is 1.87. The lowest BCUT2D eigenvalue weighted by atomic mass is 10.1. The van der Waals surface area contributed by atoms with E-state index in [-0.39, 0.29) is 12.1 Å². The van der Waals surface area contributed by atoms with Crippen LogP contribution in [0.25, 0.3) is 0 Å². The van der Waals surface area contributed by atoms with Gasteiger partial charge in [0, 0.05) is 12.5 Å². The third-order valence-electron chi connectivity index (χ3n) is 2.11. The molecule has 2 rings (SSSR count). The Hall–Kier alpha value is -0.940. The predicted molar refractivity (Wildman–Crippen MR) is 47.0 cm³/mol. The van der Waals surface area contributed by atoms with Gasteiger partial charge in [-0.1, -0.05) is 5.16 Å². The molecule has 0 amide bonds. The van der Waals surface area contributed by atoms with E-state index in [2.05, 4.69) is 15.5 Å². The van der Waals surface area contributed by atoms with Crippen molar-refractivity contribution in [2.75, 3.05) is 6.54 Å². The Morgan fingerprint density at radius 2 is 2.54 bits per heavy atom. The van der Waals surface area contributed by atoms with Crippen LogP contribution in [0.4, 0.5) is 0 Å². The molecule has 0 aliphatic carbocycles. The monoisotopic (exact) mass is 182 g/mol. The van der Waals surface area contributed by atoms with Crippen LogP contribution >= 0.6 is 0 Å². The van der Waals surface area contributed by atoms with E-state index in [1.54, 1.807) is 0 Å². The zero-order valence-electron chi connectivity index (χ0n) is 7.66. The summed E-state index contributed by atoms with van der Waals surface area (Å²) in [6.45, 7) is 2.97. The second-order valence-corrected chi connectivity index (χ2v) is 3.53. The molecule has 1 aliphatic heterocycles. The number of hydrogen-bond acceptors (Lipinski definition) is 5. The number of hydrogen-bond donors (Lipinski definition) is 2. The Bertz CT molecular complexity index is 279.